The zero-order valence-electron chi connectivity index (χ0n) is 18.2. The monoisotopic (exact) mass is 402 g/mol. The summed E-state index contributed by atoms with van der Waals surface area (Å²) in [6.45, 7) is 9.19. The number of likely N-dealkylation sites (tertiary alicyclic amines) is 2. The van der Waals surface area contributed by atoms with E-state index >= 15 is 0 Å². The number of aromatic nitrogens is 1. The Kier molecular flexibility index (Phi) is 7.24. The second-order valence-electron chi connectivity index (χ2n) is 9.36. The quantitative estimate of drug-likeness (QED) is 0.698. The fourth-order valence-corrected chi connectivity index (χ4v) is 5.53. The molecule has 3 heterocycles. The minimum absolute atomic E-state index is 0.0231. The van der Waals surface area contributed by atoms with Gasteiger partial charge in [-0.25, -0.2) is 4.98 Å². The van der Waals surface area contributed by atoms with Crippen LogP contribution in [0.25, 0.3) is 0 Å². The maximum absolute atomic E-state index is 13.3. The molecule has 2 aliphatic heterocycles. The summed E-state index contributed by atoms with van der Waals surface area (Å²) in [7, 11) is 0. The lowest BCUT2D eigenvalue weighted by atomic mass is 9.95. The predicted octanol–water partition coefficient (Wildman–Crippen LogP) is 3.57. The first-order valence-electron chi connectivity index (χ1n) is 11.9. The smallest absolute Gasteiger partial charge is 0.291 e. The highest BCUT2D eigenvalue weighted by Crippen LogP contribution is 2.28. The molecule has 0 aromatic carbocycles. The summed E-state index contributed by atoms with van der Waals surface area (Å²) in [5, 5.41) is 0. The van der Waals surface area contributed by atoms with E-state index in [0.29, 0.717) is 17.4 Å². The molecule has 1 unspecified atom stereocenters. The molecule has 1 saturated carbocycles. The standard InChI is InChI=1S/C23H38N4O2/c1-19-22(29-18-24-19)23(28)27(15-14-25-11-5-2-6-12-25)17-20-8-7-13-26(16-20)21-9-3-4-10-21/h18,20-21H,2-17H2,1H3. The molecule has 3 aliphatic rings. The summed E-state index contributed by atoms with van der Waals surface area (Å²) in [6, 6.07) is 0.784. The van der Waals surface area contributed by atoms with Crippen molar-refractivity contribution in [3.05, 3.63) is 17.8 Å². The fraction of sp³-hybridized carbons (Fsp3) is 0.826. The Labute approximate surface area is 175 Å². The molecule has 6 nitrogen and oxygen atoms in total. The first-order chi connectivity index (χ1) is 14.2. The Morgan fingerprint density at radius 1 is 1.10 bits per heavy atom. The minimum Gasteiger partial charge on any atom is -0.438 e. The van der Waals surface area contributed by atoms with Gasteiger partial charge in [-0.05, 0) is 71.0 Å². The molecule has 1 amide bonds. The van der Waals surface area contributed by atoms with E-state index in [0.717, 1.165) is 32.2 Å². The van der Waals surface area contributed by atoms with E-state index < -0.39 is 0 Å². The van der Waals surface area contributed by atoms with E-state index in [1.165, 1.54) is 83.8 Å². The molecule has 162 valence electrons. The lowest BCUT2D eigenvalue weighted by Crippen LogP contribution is -2.47. The van der Waals surface area contributed by atoms with Gasteiger partial charge in [0.2, 0.25) is 5.76 Å². The molecule has 1 aromatic rings. The topological polar surface area (TPSA) is 52.8 Å². The van der Waals surface area contributed by atoms with Gasteiger partial charge >= 0.3 is 0 Å². The SMILES string of the molecule is Cc1ncoc1C(=O)N(CCN1CCCCC1)CC1CCCN(C2CCCC2)C1. The Balaban J connectivity index is 1.39. The summed E-state index contributed by atoms with van der Waals surface area (Å²) in [5.74, 6) is 1.01. The van der Waals surface area contributed by atoms with Gasteiger partial charge in [-0.3, -0.25) is 4.79 Å². The lowest BCUT2D eigenvalue weighted by Gasteiger charge is -2.39. The number of carbonyl (C=O) groups is 1. The van der Waals surface area contributed by atoms with Crippen molar-refractivity contribution >= 4 is 5.91 Å². The molecular weight excluding hydrogens is 364 g/mol. The van der Waals surface area contributed by atoms with Crippen LogP contribution >= 0.6 is 0 Å². The van der Waals surface area contributed by atoms with Crippen molar-refractivity contribution in [2.45, 2.75) is 70.8 Å². The first-order valence-corrected chi connectivity index (χ1v) is 11.9. The highest BCUT2D eigenvalue weighted by atomic mass is 16.3. The molecule has 0 radical (unpaired) electrons. The molecule has 29 heavy (non-hydrogen) atoms. The number of hydrogen-bond acceptors (Lipinski definition) is 5. The number of amides is 1. The maximum Gasteiger partial charge on any atom is 0.291 e. The van der Waals surface area contributed by atoms with Crippen LogP contribution in [-0.2, 0) is 0 Å². The van der Waals surface area contributed by atoms with Crippen molar-refractivity contribution in [3.8, 4) is 0 Å². The summed E-state index contributed by atoms with van der Waals surface area (Å²) < 4.78 is 5.46. The van der Waals surface area contributed by atoms with Crippen LogP contribution in [0.1, 0.15) is 74.0 Å². The van der Waals surface area contributed by atoms with Gasteiger partial charge in [0.05, 0.1) is 5.69 Å². The number of nitrogens with zero attached hydrogens (tertiary/aromatic N) is 4. The van der Waals surface area contributed by atoms with Crippen molar-refractivity contribution in [2.24, 2.45) is 5.92 Å². The second kappa shape index (κ2) is 10.1. The van der Waals surface area contributed by atoms with Gasteiger partial charge in [0.25, 0.3) is 5.91 Å². The van der Waals surface area contributed by atoms with Crippen molar-refractivity contribution in [3.63, 3.8) is 0 Å². The van der Waals surface area contributed by atoms with E-state index in [4.69, 9.17) is 4.42 Å². The van der Waals surface area contributed by atoms with E-state index in [2.05, 4.69) is 19.7 Å². The van der Waals surface area contributed by atoms with Crippen LogP contribution in [0.4, 0.5) is 0 Å². The molecule has 1 aromatic heterocycles. The Morgan fingerprint density at radius 2 is 1.90 bits per heavy atom. The molecule has 0 spiro atoms. The van der Waals surface area contributed by atoms with E-state index in [1.807, 2.05) is 6.92 Å². The van der Waals surface area contributed by atoms with Crippen LogP contribution in [0.5, 0.6) is 0 Å². The van der Waals surface area contributed by atoms with E-state index in [9.17, 15) is 4.79 Å². The van der Waals surface area contributed by atoms with Crippen LogP contribution < -0.4 is 0 Å². The Bertz CT molecular complexity index is 649. The van der Waals surface area contributed by atoms with Gasteiger partial charge in [0.1, 0.15) is 0 Å². The van der Waals surface area contributed by atoms with Gasteiger partial charge < -0.3 is 19.1 Å². The van der Waals surface area contributed by atoms with Crippen molar-refractivity contribution in [2.75, 3.05) is 45.8 Å². The van der Waals surface area contributed by atoms with Crippen LogP contribution in [0.3, 0.4) is 0 Å². The van der Waals surface area contributed by atoms with Crippen molar-refractivity contribution in [1.29, 1.82) is 0 Å². The van der Waals surface area contributed by atoms with Crippen LogP contribution in [0.15, 0.2) is 10.8 Å². The Hall–Kier alpha value is -1.40. The van der Waals surface area contributed by atoms with Crippen LogP contribution in [0.2, 0.25) is 0 Å². The van der Waals surface area contributed by atoms with Crippen molar-refractivity contribution in [1.82, 2.24) is 19.7 Å². The maximum atomic E-state index is 13.3. The van der Waals surface area contributed by atoms with Gasteiger partial charge in [-0.1, -0.05) is 19.3 Å². The van der Waals surface area contributed by atoms with E-state index in [1.54, 1.807) is 0 Å². The third kappa shape index (κ3) is 5.40. The number of piperidine rings is 2. The molecule has 4 rings (SSSR count). The van der Waals surface area contributed by atoms with Gasteiger partial charge in [0.15, 0.2) is 6.39 Å². The number of carbonyl (C=O) groups excluding carboxylic acids is 1. The zero-order valence-corrected chi connectivity index (χ0v) is 18.2. The minimum atomic E-state index is 0.0231. The molecular formula is C23H38N4O2. The van der Waals surface area contributed by atoms with E-state index in [-0.39, 0.29) is 5.91 Å². The van der Waals surface area contributed by atoms with Gasteiger partial charge in [-0.2, -0.15) is 0 Å². The summed E-state index contributed by atoms with van der Waals surface area (Å²) in [5.41, 5.74) is 0.703. The third-order valence-corrected chi connectivity index (χ3v) is 7.23. The number of hydrogen-bond donors (Lipinski definition) is 0. The zero-order chi connectivity index (χ0) is 20.1. The highest BCUT2D eigenvalue weighted by Gasteiger charge is 2.31. The highest BCUT2D eigenvalue weighted by molar-refractivity contribution is 5.92. The summed E-state index contributed by atoms with van der Waals surface area (Å²) in [4.78, 5) is 24.7. The number of aryl methyl sites for hydroxylation is 1. The Morgan fingerprint density at radius 3 is 2.62 bits per heavy atom. The second-order valence-corrected chi connectivity index (χ2v) is 9.36. The number of rotatable bonds is 7. The molecule has 6 heteroatoms. The third-order valence-electron chi connectivity index (χ3n) is 7.23. The molecule has 1 atom stereocenters. The molecule has 3 fully saturated rings. The molecule has 2 saturated heterocycles. The van der Waals surface area contributed by atoms with Crippen LogP contribution in [-0.4, -0.2) is 77.4 Å². The van der Waals surface area contributed by atoms with Gasteiger partial charge in [-0.15, -0.1) is 0 Å². The van der Waals surface area contributed by atoms with Gasteiger partial charge in [0, 0.05) is 32.2 Å². The normalized spacial score (nSPS) is 24.8. The average molecular weight is 403 g/mol. The first kappa shape index (κ1) is 20.9. The molecule has 0 bridgehead atoms. The lowest BCUT2D eigenvalue weighted by molar-refractivity contribution is 0.0581. The number of oxazole rings is 1. The molecule has 1 aliphatic carbocycles. The molecule has 0 N–H and O–H groups in total. The fourth-order valence-electron chi connectivity index (χ4n) is 5.53. The summed E-state index contributed by atoms with van der Waals surface area (Å²) in [6.07, 6.45) is 13.3. The average Bonchev–Trinajstić information content (AvgIpc) is 3.43. The van der Waals surface area contributed by atoms with Crippen LogP contribution in [0, 0.1) is 12.8 Å². The largest absolute Gasteiger partial charge is 0.438 e. The predicted molar refractivity (Wildman–Crippen MR) is 114 cm³/mol. The van der Waals surface area contributed by atoms with Crippen molar-refractivity contribution < 1.29 is 9.21 Å². The summed E-state index contributed by atoms with van der Waals surface area (Å²) >= 11 is 0.